The van der Waals surface area contributed by atoms with Crippen LogP contribution in [-0.2, 0) is 13.6 Å². The predicted octanol–water partition coefficient (Wildman–Crippen LogP) is 3.16. The third-order valence-corrected chi connectivity index (χ3v) is 8.06. The van der Waals surface area contributed by atoms with Gasteiger partial charge in [-0.25, -0.2) is 4.79 Å². The predicted molar refractivity (Wildman–Crippen MR) is 72.5 cm³/mol. The molecule has 1 unspecified atom stereocenters. The number of rotatable bonds is 6. The molecule has 0 spiro atoms. The smallest absolute Gasteiger partial charge is 0.330 e. The molecule has 5 heteroatoms. The summed E-state index contributed by atoms with van der Waals surface area (Å²) in [6.07, 6.45) is 1.10. The van der Waals surface area contributed by atoms with Gasteiger partial charge in [0.15, 0.2) is 16.6 Å². The van der Waals surface area contributed by atoms with Crippen LogP contribution in [0.1, 0.15) is 6.92 Å². The van der Waals surface area contributed by atoms with Crippen LogP contribution >= 0.6 is 0 Å². The van der Waals surface area contributed by atoms with E-state index in [-0.39, 0.29) is 12.1 Å². The van der Waals surface area contributed by atoms with Crippen molar-refractivity contribution in [2.45, 2.75) is 51.8 Å². The molecule has 1 atom stereocenters. The van der Waals surface area contributed by atoms with E-state index in [2.05, 4.69) is 39.3 Å². The highest BCUT2D eigenvalue weighted by atomic mass is 28.4. The first-order valence-corrected chi connectivity index (χ1v) is 12.1. The summed E-state index contributed by atoms with van der Waals surface area (Å²) in [7, 11) is -3.24. The summed E-state index contributed by atoms with van der Waals surface area (Å²) in [6, 6.07) is 0.830. The molecule has 16 heavy (non-hydrogen) atoms. The Morgan fingerprint density at radius 2 is 1.81 bits per heavy atom. The van der Waals surface area contributed by atoms with Crippen LogP contribution in [0.2, 0.25) is 38.8 Å². The summed E-state index contributed by atoms with van der Waals surface area (Å²) in [5.74, 6) is -0.356. The highest BCUT2D eigenvalue weighted by molar-refractivity contribution is 6.84. The molecule has 0 amide bonds. The van der Waals surface area contributed by atoms with Crippen molar-refractivity contribution >= 4 is 22.6 Å². The summed E-state index contributed by atoms with van der Waals surface area (Å²) >= 11 is 0. The molecular formula is C11H24O3Si2. The van der Waals surface area contributed by atoms with E-state index < -0.39 is 16.6 Å². The van der Waals surface area contributed by atoms with Gasteiger partial charge in [-0.15, -0.1) is 0 Å². The lowest BCUT2D eigenvalue weighted by Gasteiger charge is -2.33. The number of esters is 1. The van der Waals surface area contributed by atoms with E-state index in [9.17, 15) is 4.79 Å². The van der Waals surface area contributed by atoms with E-state index >= 15 is 0 Å². The van der Waals surface area contributed by atoms with E-state index in [0.717, 1.165) is 6.04 Å². The van der Waals surface area contributed by atoms with Gasteiger partial charge in [-0.05, 0) is 39.7 Å². The van der Waals surface area contributed by atoms with Crippen molar-refractivity contribution in [2.75, 3.05) is 0 Å². The van der Waals surface area contributed by atoms with Crippen molar-refractivity contribution in [3.8, 4) is 0 Å². The molecule has 3 nitrogen and oxygen atoms in total. The summed E-state index contributed by atoms with van der Waals surface area (Å²) in [5, 5.41) is 0. The van der Waals surface area contributed by atoms with Crippen molar-refractivity contribution in [3.05, 3.63) is 12.7 Å². The zero-order valence-electron chi connectivity index (χ0n) is 11.3. The topological polar surface area (TPSA) is 35.5 Å². The first-order valence-electron chi connectivity index (χ1n) is 5.59. The average molecular weight is 260 g/mol. The number of hydrogen-bond donors (Lipinski definition) is 0. The molecule has 0 rings (SSSR count). The van der Waals surface area contributed by atoms with Gasteiger partial charge in [-0.2, -0.15) is 0 Å². The maximum atomic E-state index is 11.0. The van der Waals surface area contributed by atoms with Gasteiger partial charge in [0.2, 0.25) is 0 Å². The zero-order chi connectivity index (χ0) is 13.0. The summed E-state index contributed by atoms with van der Waals surface area (Å²) in [6.45, 7) is 16.2. The second-order valence-electron chi connectivity index (χ2n) is 5.63. The van der Waals surface area contributed by atoms with Gasteiger partial charge in [0.25, 0.3) is 0 Å². The second-order valence-corrected chi connectivity index (χ2v) is 14.6. The quantitative estimate of drug-likeness (QED) is 0.418. The minimum Gasteiger partial charge on any atom is -0.460 e. The number of carbonyl (C=O) groups excluding carboxylic acids is 1. The molecule has 0 aromatic heterocycles. The van der Waals surface area contributed by atoms with Gasteiger partial charge in [0, 0.05) is 12.1 Å². The van der Waals surface area contributed by atoms with Crippen molar-refractivity contribution in [1.82, 2.24) is 0 Å². The monoisotopic (exact) mass is 260 g/mol. The Labute approximate surface area is 101 Å². The van der Waals surface area contributed by atoms with Crippen LogP contribution in [0.15, 0.2) is 12.7 Å². The molecule has 94 valence electrons. The molecule has 0 N–H and O–H groups in total. The van der Waals surface area contributed by atoms with Crippen LogP contribution in [0, 0.1) is 0 Å². The summed E-state index contributed by atoms with van der Waals surface area (Å²) in [5.41, 5.74) is 0. The second kappa shape index (κ2) is 5.79. The van der Waals surface area contributed by atoms with Gasteiger partial charge in [0.1, 0.15) is 0 Å². The molecule has 0 aliphatic heterocycles. The van der Waals surface area contributed by atoms with E-state index in [0.29, 0.717) is 0 Å². The van der Waals surface area contributed by atoms with E-state index in [1.54, 1.807) is 0 Å². The van der Waals surface area contributed by atoms with E-state index in [1.165, 1.54) is 6.08 Å². The number of carbonyl (C=O) groups is 1. The maximum Gasteiger partial charge on any atom is 0.330 e. The van der Waals surface area contributed by atoms with Gasteiger partial charge in [-0.3, -0.25) is 0 Å². The van der Waals surface area contributed by atoms with Crippen LogP contribution in [0.4, 0.5) is 0 Å². The molecule has 0 aromatic carbocycles. The molecule has 0 aliphatic carbocycles. The molecular weight excluding hydrogens is 236 g/mol. The summed E-state index contributed by atoms with van der Waals surface area (Å²) < 4.78 is 11.3. The van der Waals surface area contributed by atoms with Crippen LogP contribution < -0.4 is 0 Å². The van der Waals surface area contributed by atoms with Crippen LogP contribution in [0.3, 0.4) is 0 Å². The Bertz CT molecular complexity index is 256. The van der Waals surface area contributed by atoms with E-state index in [1.807, 2.05) is 6.92 Å². The molecule has 0 radical (unpaired) electrons. The van der Waals surface area contributed by atoms with Gasteiger partial charge >= 0.3 is 5.97 Å². The first kappa shape index (κ1) is 15.6. The normalized spacial score (nSPS) is 14.4. The molecule has 0 heterocycles. The Morgan fingerprint density at radius 1 is 1.31 bits per heavy atom. The first-order chi connectivity index (χ1) is 7.06. The van der Waals surface area contributed by atoms with Gasteiger partial charge in [-0.1, -0.05) is 6.58 Å². The molecule has 0 saturated heterocycles. The van der Waals surface area contributed by atoms with Crippen molar-refractivity contribution in [2.24, 2.45) is 0 Å². The molecule has 0 aromatic rings. The Morgan fingerprint density at radius 3 is 2.19 bits per heavy atom. The third-order valence-electron chi connectivity index (χ3n) is 1.85. The van der Waals surface area contributed by atoms with Crippen molar-refractivity contribution in [3.63, 3.8) is 0 Å². The van der Waals surface area contributed by atoms with Gasteiger partial charge in [0.05, 0.1) is 6.10 Å². The lowest BCUT2D eigenvalue weighted by Crippen LogP contribution is -2.44. The van der Waals surface area contributed by atoms with Crippen LogP contribution in [-0.4, -0.2) is 28.7 Å². The fourth-order valence-electron chi connectivity index (χ4n) is 1.85. The fourth-order valence-corrected chi connectivity index (χ4v) is 10.3. The fraction of sp³-hybridized carbons (Fsp3) is 0.727. The molecule has 0 saturated carbocycles. The van der Waals surface area contributed by atoms with E-state index in [4.69, 9.17) is 8.85 Å². The number of ether oxygens (including phenoxy) is 1. The molecule has 0 aliphatic rings. The third kappa shape index (κ3) is 7.84. The lowest BCUT2D eigenvalue weighted by atomic mass is 10.5. The average Bonchev–Trinajstić information content (AvgIpc) is 1.97. The minimum absolute atomic E-state index is 0.0940. The Balaban J connectivity index is 4.25. The Hall–Kier alpha value is -0.396. The van der Waals surface area contributed by atoms with Crippen molar-refractivity contribution < 1.29 is 13.6 Å². The SMILES string of the molecule is C=CC(=O)OC(C)C[Si](C)(C)O[Si](C)(C)C. The van der Waals surface area contributed by atoms with Crippen molar-refractivity contribution in [1.29, 1.82) is 0 Å². The molecule has 0 bridgehead atoms. The highest BCUT2D eigenvalue weighted by Gasteiger charge is 2.31. The van der Waals surface area contributed by atoms with Gasteiger partial charge < -0.3 is 8.85 Å². The zero-order valence-corrected chi connectivity index (χ0v) is 13.3. The molecule has 0 fully saturated rings. The number of hydrogen-bond acceptors (Lipinski definition) is 3. The maximum absolute atomic E-state index is 11.0. The van der Waals surface area contributed by atoms with Crippen LogP contribution in [0.5, 0.6) is 0 Å². The largest absolute Gasteiger partial charge is 0.460 e. The van der Waals surface area contributed by atoms with Crippen LogP contribution in [0.25, 0.3) is 0 Å². The highest BCUT2D eigenvalue weighted by Crippen LogP contribution is 2.21. The summed E-state index contributed by atoms with van der Waals surface area (Å²) in [4.78, 5) is 11.0. The standard InChI is InChI=1S/C11H24O3Si2/c1-8-11(12)13-10(2)9-16(6,7)14-15(3,4)5/h8,10H,1,9H2,2-7H3. The minimum atomic E-state index is -1.73. The lowest BCUT2D eigenvalue weighted by molar-refractivity contribution is -0.141. The Kier molecular flexibility index (Phi) is 5.65.